The molecule has 1 aromatic heterocycles. The maximum Gasteiger partial charge on any atom is 0.405 e. The summed E-state index contributed by atoms with van der Waals surface area (Å²) < 4.78 is 37.5. The second kappa shape index (κ2) is 6.11. The van der Waals surface area contributed by atoms with Gasteiger partial charge in [0, 0.05) is 12.2 Å². The van der Waals surface area contributed by atoms with Crippen molar-refractivity contribution in [2.24, 2.45) is 0 Å². The normalized spacial score (nSPS) is 11.8. The summed E-state index contributed by atoms with van der Waals surface area (Å²) in [7, 11) is 0. The summed E-state index contributed by atoms with van der Waals surface area (Å²) in [5, 5.41) is 9.03. The van der Waals surface area contributed by atoms with Crippen molar-refractivity contribution < 1.29 is 23.1 Å². The van der Waals surface area contributed by atoms with Gasteiger partial charge in [0.05, 0.1) is 5.56 Å². The van der Waals surface area contributed by atoms with Crippen LogP contribution in [0.15, 0.2) is 12.1 Å². The van der Waals surface area contributed by atoms with Crippen LogP contribution in [-0.4, -0.2) is 35.3 Å². The zero-order valence-electron chi connectivity index (χ0n) is 11.5. The number of hydrogen-bond donors (Lipinski definition) is 1. The van der Waals surface area contributed by atoms with E-state index in [1.165, 1.54) is 12.1 Å². The summed E-state index contributed by atoms with van der Waals surface area (Å²) in [5.74, 6) is -1.22. The van der Waals surface area contributed by atoms with Gasteiger partial charge >= 0.3 is 12.1 Å². The first-order valence-electron chi connectivity index (χ1n) is 6.21. The second-order valence-electron chi connectivity index (χ2n) is 4.73. The number of nitrogens with zero attached hydrogens (tertiary/aromatic N) is 2. The quantitative estimate of drug-likeness (QED) is 0.904. The van der Waals surface area contributed by atoms with Gasteiger partial charge in [-0.1, -0.05) is 13.8 Å². The van der Waals surface area contributed by atoms with Gasteiger partial charge in [-0.25, -0.2) is 9.78 Å². The lowest BCUT2D eigenvalue weighted by molar-refractivity contribution is -0.119. The number of carboxylic acids is 1. The standard InChI is InChI=1S/C13H17F3N2O2/c1-4-18(7-13(14,15)16)11-6-9(12(19)20)5-10(17-11)8(2)3/h5-6,8H,4,7H2,1-3H3,(H,19,20). The lowest BCUT2D eigenvalue weighted by Gasteiger charge is -2.24. The molecule has 112 valence electrons. The van der Waals surface area contributed by atoms with Gasteiger partial charge in [-0.05, 0) is 25.0 Å². The Morgan fingerprint density at radius 2 is 2.00 bits per heavy atom. The third kappa shape index (κ3) is 4.40. The Kier molecular flexibility index (Phi) is 4.97. The second-order valence-corrected chi connectivity index (χ2v) is 4.73. The molecular weight excluding hydrogens is 273 g/mol. The van der Waals surface area contributed by atoms with Crippen molar-refractivity contribution in [3.63, 3.8) is 0 Å². The van der Waals surface area contributed by atoms with Crippen LogP contribution in [0.2, 0.25) is 0 Å². The van der Waals surface area contributed by atoms with Crippen molar-refractivity contribution in [3.05, 3.63) is 23.4 Å². The number of carboxylic acid groups (broad SMARTS) is 1. The Morgan fingerprint density at radius 3 is 2.40 bits per heavy atom. The summed E-state index contributed by atoms with van der Waals surface area (Å²) in [6.45, 7) is 4.11. The number of alkyl halides is 3. The molecule has 0 atom stereocenters. The number of carbonyl (C=O) groups is 1. The van der Waals surface area contributed by atoms with Crippen LogP contribution in [0.4, 0.5) is 19.0 Å². The molecule has 0 saturated heterocycles. The maximum atomic E-state index is 12.5. The fourth-order valence-electron chi connectivity index (χ4n) is 1.69. The molecule has 4 nitrogen and oxygen atoms in total. The summed E-state index contributed by atoms with van der Waals surface area (Å²) in [5.41, 5.74) is 0.403. The number of anilines is 1. The third-order valence-electron chi connectivity index (χ3n) is 2.75. The van der Waals surface area contributed by atoms with Crippen LogP contribution in [-0.2, 0) is 0 Å². The SMILES string of the molecule is CCN(CC(F)(F)F)c1cc(C(=O)O)cc(C(C)C)n1. The van der Waals surface area contributed by atoms with E-state index in [1.54, 1.807) is 20.8 Å². The molecule has 0 radical (unpaired) electrons. The topological polar surface area (TPSA) is 53.4 Å². The van der Waals surface area contributed by atoms with E-state index in [0.717, 1.165) is 4.90 Å². The first-order valence-corrected chi connectivity index (χ1v) is 6.21. The van der Waals surface area contributed by atoms with Crippen molar-refractivity contribution in [2.75, 3.05) is 18.0 Å². The van der Waals surface area contributed by atoms with E-state index in [4.69, 9.17) is 5.11 Å². The van der Waals surface area contributed by atoms with Crippen LogP contribution >= 0.6 is 0 Å². The Balaban J connectivity index is 3.23. The van der Waals surface area contributed by atoms with E-state index < -0.39 is 18.7 Å². The fourth-order valence-corrected chi connectivity index (χ4v) is 1.69. The maximum absolute atomic E-state index is 12.5. The van der Waals surface area contributed by atoms with Crippen LogP contribution in [0.25, 0.3) is 0 Å². The van der Waals surface area contributed by atoms with Gasteiger partial charge in [0.25, 0.3) is 0 Å². The number of rotatable bonds is 5. The van der Waals surface area contributed by atoms with Gasteiger partial charge in [-0.2, -0.15) is 13.2 Å². The minimum absolute atomic E-state index is 0.0356. The number of aromatic carboxylic acids is 1. The van der Waals surface area contributed by atoms with Gasteiger partial charge < -0.3 is 10.0 Å². The summed E-state index contributed by atoms with van der Waals surface area (Å²) in [4.78, 5) is 16.2. The molecule has 0 spiro atoms. The highest BCUT2D eigenvalue weighted by atomic mass is 19.4. The smallest absolute Gasteiger partial charge is 0.405 e. The van der Waals surface area contributed by atoms with E-state index in [0.29, 0.717) is 5.69 Å². The predicted octanol–water partition coefficient (Wildman–Crippen LogP) is 3.29. The molecule has 0 fully saturated rings. The monoisotopic (exact) mass is 290 g/mol. The Morgan fingerprint density at radius 1 is 1.40 bits per heavy atom. The van der Waals surface area contributed by atoms with Crippen LogP contribution in [0, 0.1) is 0 Å². The summed E-state index contributed by atoms with van der Waals surface area (Å²) in [6, 6.07) is 2.56. The number of halogens is 3. The van der Waals surface area contributed by atoms with Gasteiger partial charge in [-0.15, -0.1) is 0 Å². The van der Waals surface area contributed by atoms with Crippen molar-refractivity contribution in [2.45, 2.75) is 32.9 Å². The molecule has 7 heteroatoms. The highest BCUT2D eigenvalue weighted by Gasteiger charge is 2.31. The van der Waals surface area contributed by atoms with Crippen molar-refractivity contribution in [1.82, 2.24) is 4.98 Å². The zero-order chi connectivity index (χ0) is 15.5. The molecule has 0 amide bonds. The summed E-state index contributed by atoms with van der Waals surface area (Å²) >= 11 is 0. The molecule has 0 bridgehead atoms. The van der Waals surface area contributed by atoms with E-state index in [1.807, 2.05) is 0 Å². The molecule has 0 aliphatic heterocycles. The van der Waals surface area contributed by atoms with Crippen LogP contribution < -0.4 is 4.90 Å². The Hall–Kier alpha value is -1.79. The van der Waals surface area contributed by atoms with Gasteiger partial charge in [-0.3, -0.25) is 0 Å². The van der Waals surface area contributed by atoms with Crippen LogP contribution in [0.5, 0.6) is 0 Å². The molecule has 0 aliphatic carbocycles. The number of pyridine rings is 1. The predicted molar refractivity (Wildman–Crippen MR) is 69.2 cm³/mol. The highest BCUT2D eigenvalue weighted by Crippen LogP contribution is 2.24. The first kappa shape index (κ1) is 16.3. The number of aromatic nitrogens is 1. The molecular formula is C13H17F3N2O2. The summed E-state index contributed by atoms with van der Waals surface area (Å²) in [6.07, 6.45) is -4.37. The average molecular weight is 290 g/mol. The van der Waals surface area contributed by atoms with E-state index in [-0.39, 0.29) is 23.8 Å². The van der Waals surface area contributed by atoms with Gasteiger partial charge in [0.2, 0.25) is 0 Å². The molecule has 0 saturated carbocycles. The molecule has 1 N–H and O–H groups in total. The van der Waals surface area contributed by atoms with Crippen molar-refractivity contribution in [3.8, 4) is 0 Å². The average Bonchev–Trinajstić information content (AvgIpc) is 2.34. The molecule has 1 heterocycles. The molecule has 0 aliphatic rings. The molecule has 0 aromatic carbocycles. The Labute approximate surface area is 115 Å². The van der Waals surface area contributed by atoms with Crippen LogP contribution in [0.3, 0.4) is 0 Å². The minimum atomic E-state index is -4.37. The Bertz CT molecular complexity index is 487. The molecule has 1 aromatic rings. The largest absolute Gasteiger partial charge is 0.478 e. The van der Waals surface area contributed by atoms with E-state index in [9.17, 15) is 18.0 Å². The van der Waals surface area contributed by atoms with Crippen LogP contribution in [0.1, 0.15) is 42.7 Å². The lowest BCUT2D eigenvalue weighted by atomic mass is 10.1. The molecule has 1 rings (SSSR count). The van der Waals surface area contributed by atoms with Crippen molar-refractivity contribution in [1.29, 1.82) is 0 Å². The minimum Gasteiger partial charge on any atom is -0.478 e. The van der Waals surface area contributed by atoms with Gasteiger partial charge in [0.1, 0.15) is 12.4 Å². The van der Waals surface area contributed by atoms with E-state index in [2.05, 4.69) is 4.98 Å². The molecule has 20 heavy (non-hydrogen) atoms. The first-order chi connectivity index (χ1) is 9.14. The zero-order valence-corrected chi connectivity index (χ0v) is 11.5. The fraction of sp³-hybridized carbons (Fsp3) is 0.538. The highest BCUT2D eigenvalue weighted by molar-refractivity contribution is 5.88. The van der Waals surface area contributed by atoms with E-state index >= 15 is 0 Å². The lowest BCUT2D eigenvalue weighted by Crippen LogP contribution is -2.35. The molecule has 0 unspecified atom stereocenters. The van der Waals surface area contributed by atoms with Gasteiger partial charge in [0.15, 0.2) is 0 Å². The third-order valence-corrected chi connectivity index (χ3v) is 2.75. The van der Waals surface area contributed by atoms with Crippen molar-refractivity contribution >= 4 is 11.8 Å². The number of hydrogen-bond acceptors (Lipinski definition) is 3.